The monoisotopic (exact) mass is 372 g/mol. The number of ether oxygens (including phenoxy) is 2. The smallest absolute Gasteiger partial charge is 0.196 e. The van der Waals surface area contributed by atoms with Crippen LogP contribution in [0.4, 0.5) is 0 Å². The summed E-state index contributed by atoms with van der Waals surface area (Å²) in [5.41, 5.74) is 3.34. The average Bonchev–Trinajstić information content (AvgIpc) is 3.21. The predicted molar refractivity (Wildman–Crippen MR) is 113 cm³/mol. The quantitative estimate of drug-likeness (QED) is 0.481. The molecule has 152 valence electrons. The molecule has 1 aromatic carbocycles. The highest BCUT2D eigenvalue weighted by molar-refractivity contribution is 5.42. The molecule has 3 atom stereocenters. The van der Waals surface area contributed by atoms with Gasteiger partial charge in [0.25, 0.3) is 0 Å². The van der Waals surface area contributed by atoms with Crippen LogP contribution in [0.3, 0.4) is 0 Å². The van der Waals surface area contributed by atoms with Gasteiger partial charge in [0.2, 0.25) is 0 Å². The van der Waals surface area contributed by atoms with Crippen LogP contribution in [-0.2, 0) is 11.2 Å². The van der Waals surface area contributed by atoms with Gasteiger partial charge in [-0.1, -0.05) is 66.4 Å². The van der Waals surface area contributed by atoms with Gasteiger partial charge in [-0.15, -0.1) is 0 Å². The summed E-state index contributed by atoms with van der Waals surface area (Å²) < 4.78 is 12.0. The predicted octanol–water partition coefficient (Wildman–Crippen LogP) is 6.97. The van der Waals surface area contributed by atoms with Gasteiger partial charge in [0.1, 0.15) is 5.75 Å². The zero-order chi connectivity index (χ0) is 19.6. The molecular weight excluding hydrogens is 332 g/mol. The Hall–Kier alpha value is -1.02. The molecule has 0 saturated heterocycles. The van der Waals surface area contributed by atoms with Crippen LogP contribution in [0.15, 0.2) is 18.2 Å². The third-order valence-electron chi connectivity index (χ3n) is 6.83. The maximum Gasteiger partial charge on any atom is 0.196 e. The van der Waals surface area contributed by atoms with Crippen molar-refractivity contribution < 1.29 is 9.47 Å². The first kappa shape index (κ1) is 20.7. The van der Waals surface area contributed by atoms with Crippen molar-refractivity contribution in [3.05, 3.63) is 29.3 Å². The SMILES string of the molecule is CC(OCCC1CCCC1)Oc1ccc2c(c1)CC(C(C)(C)C)C2C(C)C. The summed E-state index contributed by atoms with van der Waals surface area (Å²) in [4.78, 5) is 0. The van der Waals surface area contributed by atoms with E-state index in [1.807, 2.05) is 6.92 Å². The molecule has 2 nitrogen and oxygen atoms in total. The fraction of sp³-hybridized carbons (Fsp3) is 0.760. The maximum atomic E-state index is 6.10. The van der Waals surface area contributed by atoms with E-state index in [4.69, 9.17) is 9.47 Å². The van der Waals surface area contributed by atoms with Crippen LogP contribution in [0.1, 0.15) is 90.7 Å². The molecular formula is C25H40O2. The van der Waals surface area contributed by atoms with E-state index < -0.39 is 0 Å². The Labute approximate surface area is 167 Å². The molecule has 2 heteroatoms. The van der Waals surface area contributed by atoms with Crippen molar-refractivity contribution in [2.45, 2.75) is 92.3 Å². The molecule has 0 aromatic heterocycles. The lowest BCUT2D eigenvalue weighted by Crippen LogP contribution is -2.27. The largest absolute Gasteiger partial charge is 0.465 e. The lowest BCUT2D eigenvalue weighted by atomic mass is 9.70. The van der Waals surface area contributed by atoms with Gasteiger partial charge >= 0.3 is 0 Å². The van der Waals surface area contributed by atoms with Gasteiger partial charge in [0.15, 0.2) is 6.29 Å². The summed E-state index contributed by atoms with van der Waals surface area (Å²) in [6, 6.07) is 6.73. The number of rotatable bonds is 7. The lowest BCUT2D eigenvalue weighted by molar-refractivity contribution is -0.0701. The Balaban J connectivity index is 1.59. The first-order chi connectivity index (χ1) is 12.8. The highest BCUT2D eigenvalue weighted by atomic mass is 16.7. The van der Waals surface area contributed by atoms with Gasteiger partial charge in [-0.05, 0) is 72.1 Å². The second kappa shape index (κ2) is 8.55. The fourth-order valence-corrected chi connectivity index (χ4v) is 5.33. The molecule has 1 saturated carbocycles. The summed E-state index contributed by atoms with van der Waals surface area (Å²) in [5.74, 6) is 3.84. The number of hydrogen-bond donors (Lipinski definition) is 0. The van der Waals surface area contributed by atoms with Crippen molar-refractivity contribution in [2.75, 3.05) is 6.61 Å². The highest BCUT2D eigenvalue weighted by Gasteiger charge is 2.40. The first-order valence-electron chi connectivity index (χ1n) is 11.2. The number of benzene rings is 1. The summed E-state index contributed by atoms with van der Waals surface area (Å²) in [5, 5.41) is 0. The Bertz CT molecular complexity index is 607. The minimum absolute atomic E-state index is 0.176. The van der Waals surface area contributed by atoms with E-state index in [2.05, 4.69) is 52.8 Å². The van der Waals surface area contributed by atoms with E-state index in [-0.39, 0.29) is 6.29 Å². The molecule has 0 amide bonds. The number of hydrogen-bond acceptors (Lipinski definition) is 2. The second-order valence-corrected chi connectivity index (χ2v) is 10.3. The molecule has 1 fully saturated rings. The van der Waals surface area contributed by atoms with Crippen LogP contribution >= 0.6 is 0 Å². The number of fused-ring (bicyclic) bond motifs is 1. The van der Waals surface area contributed by atoms with Crippen LogP contribution in [0.5, 0.6) is 5.75 Å². The van der Waals surface area contributed by atoms with Crippen molar-refractivity contribution in [3.8, 4) is 5.75 Å². The summed E-state index contributed by atoms with van der Waals surface area (Å²) in [7, 11) is 0. The average molecular weight is 373 g/mol. The van der Waals surface area contributed by atoms with E-state index in [0.29, 0.717) is 23.2 Å². The first-order valence-corrected chi connectivity index (χ1v) is 11.2. The Morgan fingerprint density at radius 3 is 2.41 bits per heavy atom. The summed E-state index contributed by atoms with van der Waals surface area (Å²) >= 11 is 0. The molecule has 0 N–H and O–H groups in total. The third-order valence-corrected chi connectivity index (χ3v) is 6.83. The van der Waals surface area contributed by atoms with Gasteiger partial charge < -0.3 is 9.47 Å². The third kappa shape index (κ3) is 5.08. The van der Waals surface area contributed by atoms with Gasteiger partial charge in [0, 0.05) is 0 Å². The normalized spacial score (nSPS) is 24.4. The Morgan fingerprint density at radius 1 is 1.07 bits per heavy atom. The minimum Gasteiger partial charge on any atom is -0.465 e. The molecule has 0 bridgehead atoms. The summed E-state index contributed by atoms with van der Waals surface area (Å²) in [6.07, 6.45) is 7.74. The lowest BCUT2D eigenvalue weighted by Gasteiger charge is -2.34. The molecule has 2 aliphatic rings. The van der Waals surface area contributed by atoms with E-state index in [0.717, 1.165) is 24.7 Å². The van der Waals surface area contributed by atoms with E-state index in [1.165, 1.54) is 43.2 Å². The van der Waals surface area contributed by atoms with Gasteiger partial charge in [-0.2, -0.15) is 0 Å². The molecule has 0 aliphatic heterocycles. The van der Waals surface area contributed by atoms with Crippen LogP contribution in [0.2, 0.25) is 0 Å². The Morgan fingerprint density at radius 2 is 1.78 bits per heavy atom. The second-order valence-electron chi connectivity index (χ2n) is 10.3. The van der Waals surface area contributed by atoms with Crippen molar-refractivity contribution in [2.24, 2.45) is 23.2 Å². The van der Waals surface area contributed by atoms with Crippen LogP contribution in [0.25, 0.3) is 0 Å². The van der Waals surface area contributed by atoms with Crippen LogP contribution in [0, 0.1) is 23.2 Å². The van der Waals surface area contributed by atoms with E-state index in [1.54, 1.807) is 0 Å². The summed E-state index contributed by atoms with van der Waals surface area (Å²) in [6.45, 7) is 14.7. The Kier molecular flexibility index (Phi) is 6.56. The molecule has 0 heterocycles. The van der Waals surface area contributed by atoms with Crippen LogP contribution in [-0.4, -0.2) is 12.9 Å². The molecule has 27 heavy (non-hydrogen) atoms. The van der Waals surface area contributed by atoms with Crippen molar-refractivity contribution in [3.63, 3.8) is 0 Å². The van der Waals surface area contributed by atoms with Gasteiger partial charge in [-0.25, -0.2) is 0 Å². The maximum absolute atomic E-state index is 6.10. The molecule has 3 rings (SSSR count). The van der Waals surface area contributed by atoms with E-state index >= 15 is 0 Å². The highest BCUT2D eigenvalue weighted by Crippen LogP contribution is 2.50. The minimum atomic E-state index is -0.176. The van der Waals surface area contributed by atoms with Crippen molar-refractivity contribution in [1.29, 1.82) is 0 Å². The molecule has 0 radical (unpaired) electrons. The molecule has 0 spiro atoms. The standard InChI is InChI=1S/C25H40O2/c1-17(2)24-22-12-11-21(15-20(22)16-23(24)25(4,5)6)27-18(3)26-14-13-19-9-7-8-10-19/h11-12,15,17-19,23-24H,7-10,13-14,16H2,1-6H3. The van der Waals surface area contributed by atoms with Crippen molar-refractivity contribution in [1.82, 2.24) is 0 Å². The van der Waals surface area contributed by atoms with Crippen molar-refractivity contribution >= 4 is 0 Å². The zero-order valence-electron chi connectivity index (χ0n) is 18.4. The van der Waals surface area contributed by atoms with E-state index in [9.17, 15) is 0 Å². The molecule has 2 aliphatic carbocycles. The topological polar surface area (TPSA) is 18.5 Å². The van der Waals surface area contributed by atoms with Crippen LogP contribution < -0.4 is 4.74 Å². The van der Waals surface area contributed by atoms with Gasteiger partial charge in [-0.3, -0.25) is 0 Å². The molecule has 1 aromatic rings. The zero-order valence-corrected chi connectivity index (χ0v) is 18.4. The van der Waals surface area contributed by atoms with Gasteiger partial charge in [0.05, 0.1) is 6.61 Å². The fourth-order valence-electron chi connectivity index (χ4n) is 5.33. The molecule has 3 unspecified atom stereocenters.